The second-order valence-electron chi connectivity index (χ2n) is 4.09. The Bertz CT molecular complexity index is 700. The Kier molecular flexibility index (Phi) is 3.70. The van der Waals surface area contributed by atoms with Gasteiger partial charge in [0.05, 0.1) is 18.8 Å². The van der Waals surface area contributed by atoms with Crippen LogP contribution in [-0.4, -0.2) is 31.3 Å². The van der Waals surface area contributed by atoms with Crippen LogP contribution < -0.4 is 4.90 Å². The molecule has 0 aromatic carbocycles. The van der Waals surface area contributed by atoms with Gasteiger partial charge in [0.15, 0.2) is 17.0 Å². The average molecular weight is 272 g/mol. The van der Waals surface area contributed by atoms with Gasteiger partial charge in [0.1, 0.15) is 6.33 Å². The molecule has 2 aromatic rings. The highest BCUT2D eigenvalue weighted by Gasteiger charge is 2.22. The predicted molar refractivity (Wildman–Crippen MR) is 69.4 cm³/mol. The summed E-state index contributed by atoms with van der Waals surface area (Å²) in [5, 5.41) is 8.61. The number of carbonyl (C=O) groups is 2. The number of amides is 2. The molecule has 0 unspecified atom stereocenters. The molecule has 0 aliphatic rings. The fraction of sp³-hybridized carbons (Fsp3) is 0.333. The number of nitrogens with zero attached hydrogens (tertiary/aromatic N) is 6. The summed E-state index contributed by atoms with van der Waals surface area (Å²) in [6, 6.07) is 2.03. The lowest BCUT2D eigenvalue weighted by molar-refractivity contribution is -0.124. The van der Waals surface area contributed by atoms with Crippen LogP contribution in [0.3, 0.4) is 0 Å². The quantitative estimate of drug-likeness (QED) is 0.811. The van der Waals surface area contributed by atoms with Gasteiger partial charge in [-0.05, 0) is 0 Å². The first kappa shape index (κ1) is 13.6. The van der Waals surface area contributed by atoms with Gasteiger partial charge in [-0.2, -0.15) is 5.26 Å². The fourth-order valence-electron chi connectivity index (χ4n) is 1.89. The number of nitriles is 1. The van der Waals surface area contributed by atoms with Gasteiger partial charge in [0.25, 0.3) is 0 Å². The van der Waals surface area contributed by atoms with Crippen LogP contribution in [-0.2, 0) is 16.1 Å². The molecule has 2 heterocycles. The summed E-state index contributed by atoms with van der Waals surface area (Å²) in [5.41, 5.74) is 0.841. The molecule has 0 aliphatic carbocycles. The van der Waals surface area contributed by atoms with Crippen LogP contribution in [0, 0.1) is 11.3 Å². The number of hydrogen-bond acceptors (Lipinski definition) is 6. The first-order valence-corrected chi connectivity index (χ1v) is 5.90. The molecule has 0 fully saturated rings. The largest absolute Gasteiger partial charge is 0.314 e. The lowest BCUT2D eigenvalue weighted by Crippen LogP contribution is -2.34. The van der Waals surface area contributed by atoms with Crippen molar-refractivity contribution in [3.8, 4) is 6.07 Å². The number of anilines is 1. The Labute approximate surface area is 114 Å². The van der Waals surface area contributed by atoms with E-state index in [2.05, 4.69) is 15.0 Å². The lowest BCUT2D eigenvalue weighted by Gasteiger charge is -2.15. The molecule has 8 heteroatoms. The molecular formula is C12H12N6O2. The van der Waals surface area contributed by atoms with E-state index in [9.17, 15) is 9.59 Å². The second kappa shape index (κ2) is 5.44. The highest BCUT2D eigenvalue weighted by atomic mass is 16.2. The van der Waals surface area contributed by atoms with Gasteiger partial charge in [-0.25, -0.2) is 19.9 Å². The zero-order chi connectivity index (χ0) is 14.7. The predicted octanol–water partition coefficient (Wildman–Crippen LogP) is 0.639. The zero-order valence-electron chi connectivity index (χ0n) is 11.1. The SMILES string of the molecule is CC(=O)N(C(C)=O)c1ncnc2c1ncn2CCC#N. The summed E-state index contributed by atoms with van der Waals surface area (Å²) < 4.78 is 1.68. The Balaban J connectivity index is 2.56. The van der Waals surface area contributed by atoms with Crippen molar-refractivity contribution < 1.29 is 9.59 Å². The summed E-state index contributed by atoms with van der Waals surface area (Å²) in [5.74, 6) is -0.723. The van der Waals surface area contributed by atoms with Gasteiger partial charge >= 0.3 is 0 Å². The van der Waals surface area contributed by atoms with E-state index in [1.807, 2.05) is 6.07 Å². The fourth-order valence-corrected chi connectivity index (χ4v) is 1.89. The van der Waals surface area contributed by atoms with Crippen LogP contribution in [0.15, 0.2) is 12.7 Å². The summed E-state index contributed by atoms with van der Waals surface area (Å²) in [6.07, 6.45) is 3.09. The number of rotatable bonds is 3. The van der Waals surface area contributed by atoms with Gasteiger partial charge in [-0.15, -0.1) is 0 Å². The smallest absolute Gasteiger partial charge is 0.231 e. The minimum Gasteiger partial charge on any atom is -0.314 e. The molecule has 0 N–H and O–H groups in total. The highest BCUT2D eigenvalue weighted by Crippen LogP contribution is 2.21. The van der Waals surface area contributed by atoms with E-state index < -0.39 is 11.8 Å². The summed E-state index contributed by atoms with van der Waals surface area (Å²) in [7, 11) is 0. The van der Waals surface area contributed by atoms with E-state index in [4.69, 9.17) is 5.26 Å². The normalized spacial score (nSPS) is 10.2. The number of aromatic nitrogens is 4. The Morgan fingerprint density at radius 2 is 2.00 bits per heavy atom. The van der Waals surface area contributed by atoms with Crippen molar-refractivity contribution in [1.29, 1.82) is 5.26 Å². The van der Waals surface area contributed by atoms with Crippen LogP contribution in [0.25, 0.3) is 11.2 Å². The van der Waals surface area contributed by atoms with Gasteiger partial charge in [0, 0.05) is 20.4 Å². The van der Waals surface area contributed by atoms with Crippen molar-refractivity contribution >= 4 is 28.8 Å². The maximum Gasteiger partial charge on any atom is 0.231 e. The third-order valence-corrected chi connectivity index (χ3v) is 2.69. The molecule has 2 rings (SSSR count). The monoisotopic (exact) mass is 272 g/mol. The molecule has 0 spiro atoms. The lowest BCUT2D eigenvalue weighted by atomic mass is 10.4. The maximum atomic E-state index is 11.6. The first-order chi connectivity index (χ1) is 9.56. The standard InChI is InChI=1S/C12H12N6O2/c1-8(19)18(9(2)20)12-10-11(14-6-15-12)17(7-16-10)5-3-4-13/h6-7H,3,5H2,1-2H3. The Morgan fingerprint density at radius 3 is 2.60 bits per heavy atom. The van der Waals surface area contributed by atoms with Gasteiger partial charge in [-0.3, -0.25) is 9.59 Å². The number of imidazole rings is 1. The Morgan fingerprint density at radius 1 is 1.30 bits per heavy atom. The molecule has 102 valence electrons. The van der Waals surface area contributed by atoms with Gasteiger partial charge in [0.2, 0.25) is 11.8 Å². The number of fused-ring (bicyclic) bond motifs is 1. The van der Waals surface area contributed by atoms with Crippen molar-refractivity contribution in [2.75, 3.05) is 4.90 Å². The Hall–Kier alpha value is -2.82. The molecule has 0 atom stereocenters. The van der Waals surface area contributed by atoms with Crippen molar-refractivity contribution in [2.45, 2.75) is 26.8 Å². The van der Waals surface area contributed by atoms with Crippen molar-refractivity contribution in [3.05, 3.63) is 12.7 Å². The molecule has 2 amide bonds. The third kappa shape index (κ3) is 2.33. The molecule has 0 radical (unpaired) electrons. The number of aryl methyl sites for hydroxylation is 1. The topological polar surface area (TPSA) is 105 Å². The average Bonchev–Trinajstić information content (AvgIpc) is 2.79. The third-order valence-electron chi connectivity index (χ3n) is 2.69. The zero-order valence-corrected chi connectivity index (χ0v) is 11.1. The van der Waals surface area contributed by atoms with Crippen LogP contribution >= 0.6 is 0 Å². The number of imide groups is 1. The molecule has 20 heavy (non-hydrogen) atoms. The minimum atomic E-state index is -0.441. The van der Waals surface area contributed by atoms with Crippen molar-refractivity contribution in [3.63, 3.8) is 0 Å². The molecule has 0 saturated heterocycles. The molecule has 2 aromatic heterocycles. The second-order valence-corrected chi connectivity index (χ2v) is 4.09. The summed E-state index contributed by atoms with van der Waals surface area (Å²) in [6.45, 7) is 2.99. The molecule has 0 aliphatic heterocycles. The van der Waals surface area contributed by atoms with E-state index in [0.717, 1.165) is 4.90 Å². The van der Waals surface area contributed by atoms with Crippen LogP contribution in [0.1, 0.15) is 20.3 Å². The molecule has 0 bridgehead atoms. The van der Waals surface area contributed by atoms with E-state index in [1.54, 1.807) is 4.57 Å². The summed E-state index contributed by atoms with van der Waals surface area (Å²) in [4.78, 5) is 36.3. The van der Waals surface area contributed by atoms with Crippen LogP contribution in [0.4, 0.5) is 5.82 Å². The van der Waals surface area contributed by atoms with Crippen LogP contribution in [0.5, 0.6) is 0 Å². The van der Waals surface area contributed by atoms with E-state index in [-0.39, 0.29) is 5.82 Å². The van der Waals surface area contributed by atoms with Crippen molar-refractivity contribution in [1.82, 2.24) is 19.5 Å². The number of hydrogen-bond donors (Lipinski definition) is 0. The molecular weight excluding hydrogens is 260 g/mol. The van der Waals surface area contributed by atoms with E-state index >= 15 is 0 Å². The van der Waals surface area contributed by atoms with Crippen molar-refractivity contribution in [2.24, 2.45) is 0 Å². The number of carbonyl (C=O) groups excluding carboxylic acids is 2. The highest BCUT2D eigenvalue weighted by molar-refractivity contribution is 6.15. The van der Waals surface area contributed by atoms with Gasteiger partial charge in [-0.1, -0.05) is 0 Å². The van der Waals surface area contributed by atoms with Crippen LogP contribution in [0.2, 0.25) is 0 Å². The summed E-state index contributed by atoms with van der Waals surface area (Å²) >= 11 is 0. The van der Waals surface area contributed by atoms with E-state index in [0.29, 0.717) is 24.1 Å². The molecule has 0 saturated carbocycles. The molecule has 8 nitrogen and oxygen atoms in total. The maximum absolute atomic E-state index is 11.6. The van der Waals surface area contributed by atoms with Gasteiger partial charge < -0.3 is 4.57 Å². The first-order valence-electron chi connectivity index (χ1n) is 5.90. The minimum absolute atomic E-state index is 0.158. The van der Waals surface area contributed by atoms with E-state index in [1.165, 1.54) is 26.5 Å².